The molecule has 0 aliphatic heterocycles. The second-order valence-electron chi connectivity index (χ2n) is 6.66. The number of hydrogen-bond acceptors (Lipinski definition) is 5. The van der Waals surface area contributed by atoms with Gasteiger partial charge in [0.25, 0.3) is 0 Å². The van der Waals surface area contributed by atoms with Gasteiger partial charge in [0.15, 0.2) is 5.96 Å². The van der Waals surface area contributed by atoms with Crippen LogP contribution in [0.25, 0.3) is 11.4 Å². The first-order chi connectivity index (χ1) is 13.0. The summed E-state index contributed by atoms with van der Waals surface area (Å²) >= 11 is 7.66. The zero-order chi connectivity index (χ0) is 19.3. The molecule has 6 nitrogen and oxygen atoms in total. The van der Waals surface area contributed by atoms with Crippen LogP contribution in [-0.4, -0.2) is 29.7 Å². The monoisotopic (exact) mass is 403 g/mol. The summed E-state index contributed by atoms with van der Waals surface area (Å²) in [5.41, 5.74) is 0.868. The Hall–Kier alpha value is -2.38. The van der Waals surface area contributed by atoms with E-state index in [1.807, 2.05) is 12.1 Å². The Balaban J connectivity index is 1.55. The predicted octanol–water partition coefficient (Wildman–Crippen LogP) is 4.09. The molecule has 0 saturated carbocycles. The minimum absolute atomic E-state index is 0.0119. The van der Waals surface area contributed by atoms with Gasteiger partial charge in [0.2, 0.25) is 11.7 Å². The van der Waals surface area contributed by atoms with E-state index in [1.165, 1.54) is 4.88 Å². The highest BCUT2D eigenvalue weighted by molar-refractivity contribution is 7.10. The Morgan fingerprint density at radius 1 is 1.22 bits per heavy atom. The van der Waals surface area contributed by atoms with Gasteiger partial charge in [-0.2, -0.15) is 4.98 Å². The van der Waals surface area contributed by atoms with Gasteiger partial charge in [0.05, 0.1) is 6.54 Å². The molecular weight excluding hydrogens is 382 g/mol. The highest BCUT2D eigenvalue weighted by atomic mass is 35.5. The van der Waals surface area contributed by atoms with Gasteiger partial charge in [-0.3, -0.25) is 4.99 Å². The lowest BCUT2D eigenvalue weighted by atomic mass is 9.91. The summed E-state index contributed by atoms with van der Waals surface area (Å²) in [4.78, 5) is 9.99. The molecule has 0 unspecified atom stereocenters. The maximum atomic E-state index is 5.91. The molecular formula is C19H22ClN5OS. The third-order valence-electron chi connectivity index (χ3n) is 4.09. The van der Waals surface area contributed by atoms with Crippen molar-refractivity contribution in [2.24, 2.45) is 4.99 Å². The molecule has 0 fully saturated rings. The Morgan fingerprint density at radius 3 is 2.67 bits per heavy atom. The lowest BCUT2D eigenvalue weighted by molar-refractivity contribution is 0.375. The van der Waals surface area contributed by atoms with Gasteiger partial charge in [-0.1, -0.05) is 36.7 Å². The number of hydrogen-bond donors (Lipinski definition) is 2. The summed E-state index contributed by atoms with van der Waals surface area (Å²) in [6.07, 6.45) is 0. The first-order valence-corrected chi connectivity index (χ1v) is 9.81. The highest BCUT2D eigenvalue weighted by Crippen LogP contribution is 2.26. The molecule has 1 aromatic carbocycles. The van der Waals surface area contributed by atoms with E-state index >= 15 is 0 Å². The number of halogens is 1. The van der Waals surface area contributed by atoms with Gasteiger partial charge in [-0.25, -0.2) is 0 Å². The van der Waals surface area contributed by atoms with E-state index in [0.717, 1.165) is 12.1 Å². The zero-order valence-electron chi connectivity index (χ0n) is 15.5. The molecule has 142 valence electrons. The van der Waals surface area contributed by atoms with Gasteiger partial charge < -0.3 is 15.2 Å². The van der Waals surface area contributed by atoms with Crippen molar-refractivity contribution in [3.8, 4) is 11.4 Å². The molecule has 2 heterocycles. The van der Waals surface area contributed by atoms with Crippen LogP contribution in [0, 0.1) is 0 Å². The van der Waals surface area contributed by atoms with Crippen molar-refractivity contribution < 1.29 is 4.52 Å². The van der Waals surface area contributed by atoms with Crippen molar-refractivity contribution >= 4 is 28.9 Å². The number of guanidine groups is 1. The molecule has 0 aliphatic rings. The maximum Gasteiger partial charge on any atom is 0.246 e. The van der Waals surface area contributed by atoms with E-state index in [2.05, 4.69) is 57.1 Å². The molecule has 3 aromatic rings. The van der Waals surface area contributed by atoms with Gasteiger partial charge >= 0.3 is 0 Å². The summed E-state index contributed by atoms with van der Waals surface area (Å²) in [6.45, 7) is 5.55. The summed E-state index contributed by atoms with van der Waals surface area (Å²) in [6, 6.07) is 11.5. The van der Waals surface area contributed by atoms with Crippen LogP contribution < -0.4 is 10.6 Å². The Morgan fingerprint density at radius 2 is 2.00 bits per heavy atom. The molecule has 0 atom stereocenters. The molecule has 0 radical (unpaired) electrons. The number of nitrogens with zero attached hydrogens (tertiary/aromatic N) is 3. The fourth-order valence-corrected chi connectivity index (χ4v) is 3.46. The third kappa shape index (κ3) is 5.08. The van der Waals surface area contributed by atoms with E-state index < -0.39 is 0 Å². The average molecular weight is 404 g/mol. The molecule has 2 N–H and O–H groups in total. The predicted molar refractivity (Wildman–Crippen MR) is 110 cm³/mol. The minimum Gasteiger partial charge on any atom is -0.356 e. The first-order valence-electron chi connectivity index (χ1n) is 8.55. The number of aromatic nitrogens is 2. The smallest absolute Gasteiger partial charge is 0.246 e. The standard InChI is InChI=1S/C19H22ClN5OS/c1-19(2,15-5-4-10-27-15)12-23-18(21-3)22-11-16-24-17(25-26-16)13-6-8-14(20)9-7-13/h4-10H,11-12H2,1-3H3,(H2,21,22,23). The van der Waals surface area contributed by atoms with Crippen molar-refractivity contribution in [3.05, 3.63) is 57.6 Å². The van der Waals surface area contributed by atoms with Gasteiger partial charge in [-0.15, -0.1) is 11.3 Å². The third-order valence-corrected chi connectivity index (χ3v) is 5.57. The van der Waals surface area contributed by atoms with Crippen LogP contribution in [0.2, 0.25) is 5.02 Å². The van der Waals surface area contributed by atoms with Crippen molar-refractivity contribution in [1.29, 1.82) is 0 Å². The Kier molecular flexibility index (Phi) is 6.13. The van der Waals surface area contributed by atoms with Crippen LogP contribution in [0.4, 0.5) is 0 Å². The minimum atomic E-state index is 0.0119. The van der Waals surface area contributed by atoms with Crippen LogP contribution in [0.3, 0.4) is 0 Å². The molecule has 0 bridgehead atoms. The van der Waals surface area contributed by atoms with E-state index in [4.69, 9.17) is 16.1 Å². The topological polar surface area (TPSA) is 75.3 Å². The molecule has 8 heteroatoms. The molecule has 3 rings (SSSR count). The Labute approximate surface area is 167 Å². The SMILES string of the molecule is CN=C(NCc1nc(-c2ccc(Cl)cc2)no1)NCC(C)(C)c1cccs1. The second kappa shape index (κ2) is 8.54. The lowest BCUT2D eigenvalue weighted by Gasteiger charge is -2.24. The lowest BCUT2D eigenvalue weighted by Crippen LogP contribution is -2.43. The summed E-state index contributed by atoms with van der Waals surface area (Å²) < 4.78 is 5.31. The van der Waals surface area contributed by atoms with Crippen LogP contribution in [0.1, 0.15) is 24.6 Å². The average Bonchev–Trinajstić information content (AvgIpc) is 3.35. The highest BCUT2D eigenvalue weighted by Gasteiger charge is 2.22. The summed E-state index contributed by atoms with van der Waals surface area (Å²) in [5, 5.41) is 13.3. The summed E-state index contributed by atoms with van der Waals surface area (Å²) in [5.74, 6) is 1.71. The van der Waals surface area contributed by atoms with E-state index in [-0.39, 0.29) is 5.41 Å². The van der Waals surface area contributed by atoms with E-state index in [9.17, 15) is 0 Å². The molecule has 0 amide bonds. The second-order valence-corrected chi connectivity index (χ2v) is 8.04. The van der Waals surface area contributed by atoms with Crippen molar-refractivity contribution in [1.82, 2.24) is 20.8 Å². The molecule has 0 spiro atoms. The van der Waals surface area contributed by atoms with Crippen molar-refractivity contribution in [3.63, 3.8) is 0 Å². The fraction of sp³-hybridized carbons (Fsp3) is 0.316. The van der Waals surface area contributed by atoms with Crippen LogP contribution >= 0.6 is 22.9 Å². The molecule has 27 heavy (non-hydrogen) atoms. The number of benzene rings is 1. The van der Waals surface area contributed by atoms with Gasteiger partial charge in [0.1, 0.15) is 0 Å². The fourth-order valence-electron chi connectivity index (χ4n) is 2.48. The first kappa shape index (κ1) is 19.4. The number of thiophene rings is 1. The molecule has 0 saturated heterocycles. The van der Waals surface area contributed by atoms with E-state index in [0.29, 0.717) is 29.2 Å². The zero-order valence-corrected chi connectivity index (χ0v) is 17.1. The van der Waals surface area contributed by atoms with Crippen molar-refractivity contribution in [2.75, 3.05) is 13.6 Å². The van der Waals surface area contributed by atoms with Gasteiger partial charge in [-0.05, 0) is 35.7 Å². The largest absolute Gasteiger partial charge is 0.356 e. The molecule has 2 aromatic heterocycles. The number of aliphatic imine (C=N–C) groups is 1. The Bertz CT molecular complexity index is 887. The number of nitrogens with one attached hydrogen (secondary N) is 2. The van der Waals surface area contributed by atoms with Crippen molar-refractivity contribution in [2.45, 2.75) is 25.8 Å². The normalized spacial score (nSPS) is 12.2. The van der Waals surface area contributed by atoms with Crippen LogP contribution in [-0.2, 0) is 12.0 Å². The van der Waals surface area contributed by atoms with Gasteiger partial charge in [0, 0.05) is 34.5 Å². The van der Waals surface area contributed by atoms with Crippen LogP contribution in [0.5, 0.6) is 0 Å². The molecule has 0 aliphatic carbocycles. The quantitative estimate of drug-likeness (QED) is 0.478. The van der Waals surface area contributed by atoms with E-state index in [1.54, 1.807) is 30.5 Å². The number of rotatable bonds is 6. The maximum absolute atomic E-state index is 5.91. The van der Waals surface area contributed by atoms with Crippen LogP contribution in [0.15, 0.2) is 51.3 Å². The summed E-state index contributed by atoms with van der Waals surface area (Å²) in [7, 11) is 1.74.